The Bertz CT molecular complexity index is 1150. The molecule has 148 valence electrons. The molecule has 29 heavy (non-hydrogen) atoms. The number of isocyanates is 1. The van der Waals surface area contributed by atoms with Gasteiger partial charge < -0.3 is 9.84 Å². The van der Waals surface area contributed by atoms with E-state index in [1.165, 1.54) is 0 Å². The smallest absolute Gasteiger partial charge is 0.419 e. The van der Waals surface area contributed by atoms with Crippen molar-refractivity contribution in [3.8, 4) is 0 Å². The Morgan fingerprint density at radius 3 is 2.41 bits per heavy atom. The van der Waals surface area contributed by atoms with Crippen molar-refractivity contribution >= 4 is 34.7 Å². The van der Waals surface area contributed by atoms with Crippen LogP contribution < -0.4 is 0 Å². The summed E-state index contributed by atoms with van der Waals surface area (Å²) >= 11 is 0. The molecule has 0 aliphatic carbocycles. The number of fused-ring (bicyclic) bond motifs is 1. The molecule has 10 heteroatoms. The van der Waals surface area contributed by atoms with Gasteiger partial charge in [-0.05, 0) is 23.8 Å². The Hall–Kier alpha value is -3.91. The van der Waals surface area contributed by atoms with Crippen LogP contribution in [0.5, 0.6) is 0 Å². The minimum absolute atomic E-state index is 0.203. The summed E-state index contributed by atoms with van der Waals surface area (Å²) in [5, 5.41) is 9.15. The Morgan fingerprint density at radius 1 is 1.14 bits per heavy atom. The summed E-state index contributed by atoms with van der Waals surface area (Å²) in [4.78, 5) is 38.2. The number of ether oxygens (including phenoxy) is 1. The van der Waals surface area contributed by atoms with E-state index in [1.54, 1.807) is 30.3 Å². The number of carbonyl (C=O) groups is 2. The first-order valence-corrected chi connectivity index (χ1v) is 8.02. The highest BCUT2D eigenvalue weighted by atomic mass is 19.4. The average Bonchev–Trinajstić information content (AvgIpc) is 3.00. The fourth-order valence-electron chi connectivity index (χ4n) is 2.78. The number of aliphatic imine (C=N–C) groups is 1. The number of hydrogen-bond donors (Lipinski definition) is 1. The normalized spacial score (nSPS) is 11.1. The van der Waals surface area contributed by atoms with Gasteiger partial charge in [0.15, 0.2) is 5.69 Å². The average molecular weight is 404 g/mol. The maximum absolute atomic E-state index is 13.0. The van der Waals surface area contributed by atoms with Crippen LogP contribution in [0.3, 0.4) is 0 Å². The van der Waals surface area contributed by atoms with Crippen molar-refractivity contribution < 1.29 is 37.4 Å². The standard InChI is InChI=1S/C19H11F3N2O5/c20-19(21,22)12-6-7-14-13(8-12)15(23-10-25)16(17(26)27)24(14)18(28)29-9-11-4-2-1-3-5-11/h1-8H,9H2,(H,26,27). The monoisotopic (exact) mass is 404 g/mol. The van der Waals surface area contributed by atoms with Crippen molar-refractivity contribution in [2.24, 2.45) is 4.99 Å². The number of aromatic carboxylic acids is 1. The highest BCUT2D eigenvalue weighted by Gasteiger charge is 2.33. The molecule has 0 spiro atoms. The molecule has 0 aliphatic heterocycles. The van der Waals surface area contributed by atoms with E-state index < -0.39 is 35.2 Å². The molecule has 0 unspecified atom stereocenters. The van der Waals surface area contributed by atoms with Crippen molar-refractivity contribution in [1.82, 2.24) is 4.57 Å². The van der Waals surface area contributed by atoms with Crippen LogP contribution in [0.2, 0.25) is 0 Å². The van der Waals surface area contributed by atoms with E-state index in [0.29, 0.717) is 22.3 Å². The molecule has 3 aromatic rings. The number of alkyl halides is 3. The molecule has 0 saturated heterocycles. The van der Waals surface area contributed by atoms with Gasteiger partial charge >= 0.3 is 18.2 Å². The van der Waals surface area contributed by atoms with E-state index in [9.17, 15) is 32.7 Å². The number of carbonyl (C=O) groups excluding carboxylic acids is 2. The second-order valence-electron chi connectivity index (χ2n) is 5.81. The lowest BCUT2D eigenvalue weighted by Gasteiger charge is -2.09. The molecular weight excluding hydrogens is 393 g/mol. The van der Waals surface area contributed by atoms with E-state index in [0.717, 1.165) is 12.1 Å². The van der Waals surface area contributed by atoms with Crippen LogP contribution in [-0.4, -0.2) is 27.8 Å². The van der Waals surface area contributed by atoms with Crippen molar-refractivity contribution in [1.29, 1.82) is 0 Å². The van der Waals surface area contributed by atoms with Gasteiger partial charge in [0.05, 0.1) is 11.1 Å². The van der Waals surface area contributed by atoms with Crippen LogP contribution in [-0.2, 0) is 22.3 Å². The van der Waals surface area contributed by atoms with Gasteiger partial charge in [0.2, 0.25) is 6.08 Å². The fourth-order valence-corrected chi connectivity index (χ4v) is 2.78. The third-order valence-corrected chi connectivity index (χ3v) is 4.02. The molecule has 0 bridgehead atoms. The third kappa shape index (κ3) is 3.87. The maximum atomic E-state index is 13.0. The van der Waals surface area contributed by atoms with Crippen molar-refractivity contribution in [2.75, 3.05) is 0 Å². The molecule has 3 rings (SSSR count). The summed E-state index contributed by atoms with van der Waals surface area (Å²) in [6.45, 7) is -0.203. The Kier molecular flexibility index (Phi) is 5.20. The number of carboxylic acid groups (broad SMARTS) is 1. The molecule has 0 aliphatic rings. The van der Waals surface area contributed by atoms with Crippen molar-refractivity contribution in [2.45, 2.75) is 12.8 Å². The second kappa shape index (κ2) is 7.61. The van der Waals surface area contributed by atoms with Gasteiger partial charge in [0.25, 0.3) is 0 Å². The van der Waals surface area contributed by atoms with Crippen molar-refractivity contribution in [3.05, 3.63) is 65.4 Å². The van der Waals surface area contributed by atoms with Gasteiger partial charge in [0, 0.05) is 5.39 Å². The number of benzene rings is 2. The molecule has 0 atom stereocenters. The highest BCUT2D eigenvalue weighted by Crippen LogP contribution is 2.38. The van der Waals surface area contributed by atoms with Crippen LogP contribution in [0, 0.1) is 0 Å². The zero-order valence-corrected chi connectivity index (χ0v) is 14.4. The van der Waals surface area contributed by atoms with Crippen LogP contribution >= 0.6 is 0 Å². The highest BCUT2D eigenvalue weighted by molar-refractivity contribution is 6.10. The third-order valence-electron chi connectivity index (χ3n) is 4.02. The molecular formula is C19H11F3N2O5. The number of rotatable bonds is 4. The first-order chi connectivity index (χ1) is 13.7. The fraction of sp³-hybridized carbons (Fsp3) is 0.105. The topological polar surface area (TPSA) is 98.0 Å². The summed E-state index contributed by atoms with van der Waals surface area (Å²) in [6.07, 6.45) is -4.77. The molecule has 0 fully saturated rings. The Morgan fingerprint density at radius 2 is 1.83 bits per heavy atom. The van der Waals surface area contributed by atoms with Gasteiger partial charge in [0.1, 0.15) is 12.3 Å². The summed E-state index contributed by atoms with van der Waals surface area (Å²) in [7, 11) is 0. The molecule has 7 nitrogen and oxygen atoms in total. The van der Waals surface area contributed by atoms with E-state index in [2.05, 4.69) is 4.99 Å². The molecule has 0 saturated carbocycles. The van der Waals surface area contributed by atoms with Gasteiger partial charge in [-0.25, -0.2) is 19.0 Å². The number of nitrogens with zero attached hydrogens (tertiary/aromatic N) is 2. The van der Waals surface area contributed by atoms with Gasteiger partial charge in [-0.1, -0.05) is 30.3 Å². The van der Waals surface area contributed by atoms with E-state index in [-0.39, 0.29) is 17.5 Å². The SMILES string of the molecule is O=C=Nc1c(C(=O)O)n(C(=O)OCc2ccccc2)c2ccc(C(F)(F)F)cc12. The van der Waals surface area contributed by atoms with Crippen LogP contribution in [0.1, 0.15) is 21.6 Å². The van der Waals surface area contributed by atoms with E-state index in [1.807, 2.05) is 0 Å². The number of carboxylic acids is 1. The zero-order chi connectivity index (χ0) is 21.2. The summed E-state index contributed by atoms with van der Waals surface area (Å²) in [6, 6.07) is 10.7. The zero-order valence-electron chi connectivity index (χ0n) is 14.4. The van der Waals surface area contributed by atoms with Crippen LogP contribution in [0.15, 0.2) is 53.5 Å². The first kappa shape index (κ1) is 19.8. The van der Waals surface area contributed by atoms with Gasteiger partial charge in [-0.2, -0.15) is 18.2 Å². The van der Waals surface area contributed by atoms with Crippen molar-refractivity contribution in [3.63, 3.8) is 0 Å². The largest absolute Gasteiger partial charge is 0.476 e. The lowest BCUT2D eigenvalue weighted by molar-refractivity contribution is -0.137. The predicted molar refractivity (Wildman–Crippen MR) is 93.7 cm³/mol. The minimum atomic E-state index is -4.73. The van der Waals surface area contributed by atoms with Gasteiger partial charge in [-0.15, -0.1) is 0 Å². The first-order valence-electron chi connectivity index (χ1n) is 8.02. The lowest BCUT2D eigenvalue weighted by Crippen LogP contribution is -2.19. The molecule has 0 radical (unpaired) electrons. The number of aromatic nitrogens is 1. The van der Waals surface area contributed by atoms with E-state index in [4.69, 9.17) is 4.74 Å². The minimum Gasteiger partial charge on any atom is -0.476 e. The predicted octanol–water partition coefficient (Wildman–Crippen LogP) is 4.51. The quantitative estimate of drug-likeness (QED) is 0.510. The summed E-state index contributed by atoms with van der Waals surface area (Å²) < 4.78 is 44.8. The van der Waals surface area contributed by atoms with Gasteiger partial charge in [-0.3, -0.25) is 0 Å². The van der Waals surface area contributed by atoms with E-state index >= 15 is 0 Å². The molecule has 1 heterocycles. The second-order valence-corrected chi connectivity index (χ2v) is 5.81. The van der Waals surface area contributed by atoms with Crippen LogP contribution in [0.25, 0.3) is 10.9 Å². The Labute approximate surface area is 160 Å². The molecule has 0 amide bonds. The molecule has 1 N–H and O–H groups in total. The lowest BCUT2D eigenvalue weighted by atomic mass is 10.1. The Balaban J connectivity index is 2.16. The molecule has 2 aromatic carbocycles. The van der Waals surface area contributed by atoms with Crippen LogP contribution in [0.4, 0.5) is 23.7 Å². The maximum Gasteiger partial charge on any atom is 0.419 e. The number of hydrogen-bond acceptors (Lipinski definition) is 5. The summed E-state index contributed by atoms with van der Waals surface area (Å²) in [5.74, 6) is -1.68. The molecule has 1 aromatic heterocycles. The number of halogens is 3. The summed E-state index contributed by atoms with van der Waals surface area (Å²) in [5.41, 5.74) is -2.12.